The Kier molecular flexibility index (Phi) is 7.68. The first kappa shape index (κ1) is 22.0. The Hall–Kier alpha value is -2.29. The van der Waals surface area contributed by atoms with Crippen molar-refractivity contribution in [3.63, 3.8) is 0 Å². The van der Waals surface area contributed by atoms with Crippen molar-refractivity contribution in [2.45, 2.75) is 32.5 Å². The molecule has 2 rings (SSSR count). The number of allylic oxidation sites excluding steroid dienone is 3. The average molecular weight is 412 g/mol. The third-order valence-electron chi connectivity index (χ3n) is 4.05. The van der Waals surface area contributed by atoms with Crippen LogP contribution in [0.15, 0.2) is 57.7 Å². The molecule has 0 aromatic carbocycles. The number of amides is 1. The Labute approximate surface area is 167 Å². The van der Waals surface area contributed by atoms with Gasteiger partial charge in [0.2, 0.25) is 5.91 Å². The van der Waals surface area contributed by atoms with E-state index in [0.29, 0.717) is 0 Å². The number of halogens is 3. The third-order valence-corrected chi connectivity index (χ3v) is 4.88. The van der Waals surface area contributed by atoms with E-state index < -0.39 is 23.7 Å². The molecule has 5 nitrogen and oxygen atoms in total. The number of hydrogen-bond donors (Lipinski definition) is 0. The van der Waals surface area contributed by atoms with Gasteiger partial charge in [-0.1, -0.05) is 31.7 Å². The fraction of sp³-hybridized carbons (Fsp3) is 0.421. The molecule has 0 fully saturated rings. The molecule has 0 aromatic rings. The van der Waals surface area contributed by atoms with Gasteiger partial charge in [-0.15, -0.1) is 11.8 Å². The Morgan fingerprint density at radius 2 is 2.29 bits per heavy atom. The zero-order valence-electron chi connectivity index (χ0n) is 15.8. The SMILES string of the molecule is C=C(SCC)N(C=NCN1C=NC2C=C(C(F)(F)F)C=CC(C2)C1=O)/C=C\C. The average Bonchev–Trinajstić information content (AvgIpc) is 2.93. The Morgan fingerprint density at radius 1 is 1.54 bits per heavy atom. The van der Waals surface area contributed by atoms with Gasteiger partial charge in [0.1, 0.15) is 6.67 Å². The highest BCUT2D eigenvalue weighted by molar-refractivity contribution is 8.02. The highest BCUT2D eigenvalue weighted by atomic mass is 32.2. The standard InChI is InChI=1S/C19H23F3N4OS/c1-4-8-25(14(3)28-5-2)11-23-12-26-13-24-17-9-15(18(26)27)6-7-16(10-17)19(20,21)22/h4,6-8,10-11,13,15,17H,3,5,9,12H2,1-2H3/b8-4-,23-11?. The van der Waals surface area contributed by atoms with E-state index >= 15 is 0 Å². The smallest absolute Gasteiger partial charge is 0.303 e. The van der Waals surface area contributed by atoms with Crippen LogP contribution in [-0.2, 0) is 4.79 Å². The minimum Gasteiger partial charge on any atom is -0.303 e. The molecule has 0 radical (unpaired) electrons. The lowest BCUT2D eigenvalue weighted by molar-refractivity contribution is -0.129. The first-order chi connectivity index (χ1) is 13.3. The van der Waals surface area contributed by atoms with Gasteiger partial charge in [-0.05, 0) is 25.2 Å². The third kappa shape index (κ3) is 5.85. The molecule has 9 heteroatoms. The van der Waals surface area contributed by atoms with E-state index in [9.17, 15) is 18.0 Å². The lowest BCUT2D eigenvalue weighted by Crippen LogP contribution is -2.34. The maximum Gasteiger partial charge on any atom is 0.416 e. The van der Waals surface area contributed by atoms with E-state index in [1.165, 1.54) is 17.3 Å². The van der Waals surface area contributed by atoms with Crippen LogP contribution in [0, 0.1) is 5.92 Å². The van der Waals surface area contributed by atoms with Crippen molar-refractivity contribution < 1.29 is 18.0 Å². The van der Waals surface area contributed by atoms with Gasteiger partial charge < -0.3 is 4.90 Å². The molecule has 0 spiro atoms. The summed E-state index contributed by atoms with van der Waals surface area (Å²) >= 11 is 1.56. The van der Waals surface area contributed by atoms with Gasteiger partial charge in [-0.3, -0.25) is 19.7 Å². The van der Waals surface area contributed by atoms with Gasteiger partial charge in [0, 0.05) is 6.20 Å². The Bertz CT molecular complexity index is 740. The highest BCUT2D eigenvalue weighted by Gasteiger charge is 2.36. The zero-order valence-corrected chi connectivity index (χ0v) is 16.6. The van der Waals surface area contributed by atoms with Crippen LogP contribution in [0.3, 0.4) is 0 Å². The maximum absolute atomic E-state index is 13.0. The van der Waals surface area contributed by atoms with E-state index in [1.54, 1.807) is 29.2 Å². The molecule has 0 saturated carbocycles. The van der Waals surface area contributed by atoms with Crippen LogP contribution < -0.4 is 0 Å². The number of nitrogens with zero attached hydrogens (tertiary/aromatic N) is 4. The number of carbonyl (C=O) groups excluding carboxylic acids is 1. The normalized spacial score (nSPS) is 22.5. The summed E-state index contributed by atoms with van der Waals surface area (Å²) in [6, 6.07) is -0.699. The Balaban J connectivity index is 2.12. The van der Waals surface area contributed by atoms with Crippen LogP contribution in [0.4, 0.5) is 13.2 Å². The molecule has 2 bridgehead atoms. The summed E-state index contributed by atoms with van der Waals surface area (Å²) < 4.78 is 38.9. The molecule has 1 aliphatic heterocycles. The van der Waals surface area contributed by atoms with Gasteiger partial charge in [-0.2, -0.15) is 13.2 Å². The Morgan fingerprint density at radius 3 is 2.93 bits per heavy atom. The maximum atomic E-state index is 13.0. The van der Waals surface area contributed by atoms with Crippen LogP contribution in [0.25, 0.3) is 0 Å². The van der Waals surface area contributed by atoms with Crippen LogP contribution in [0.2, 0.25) is 0 Å². The lowest BCUT2D eigenvalue weighted by atomic mass is 10.0. The van der Waals surface area contributed by atoms with Crippen LogP contribution in [-0.4, -0.2) is 53.0 Å². The van der Waals surface area contributed by atoms with Gasteiger partial charge in [0.25, 0.3) is 0 Å². The predicted molar refractivity (Wildman–Crippen MR) is 108 cm³/mol. The van der Waals surface area contributed by atoms with Crippen LogP contribution in [0.1, 0.15) is 20.3 Å². The lowest BCUT2D eigenvalue weighted by Gasteiger charge is -2.19. The molecule has 1 aliphatic carbocycles. The van der Waals surface area contributed by atoms with E-state index in [2.05, 4.69) is 16.6 Å². The van der Waals surface area contributed by atoms with E-state index in [4.69, 9.17) is 0 Å². The topological polar surface area (TPSA) is 48.3 Å². The fourth-order valence-corrected chi connectivity index (χ4v) is 3.30. The van der Waals surface area contributed by atoms with Crippen molar-refractivity contribution in [3.05, 3.63) is 47.7 Å². The largest absolute Gasteiger partial charge is 0.416 e. The van der Waals surface area contributed by atoms with Crippen molar-refractivity contribution in [2.24, 2.45) is 15.9 Å². The molecule has 1 amide bonds. The van der Waals surface area contributed by atoms with Crippen LogP contribution in [0.5, 0.6) is 0 Å². The second-order valence-electron chi connectivity index (χ2n) is 6.12. The zero-order chi connectivity index (χ0) is 20.7. The number of carbonyl (C=O) groups is 1. The minimum absolute atomic E-state index is 0.0212. The second kappa shape index (κ2) is 9.77. The highest BCUT2D eigenvalue weighted by Crippen LogP contribution is 2.32. The quantitative estimate of drug-likeness (QED) is 0.462. The number of thioether (sulfide) groups is 1. The number of fused-ring (bicyclic) bond motifs is 2. The number of hydrogen-bond acceptors (Lipinski definition) is 4. The predicted octanol–water partition coefficient (Wildman–Crippen LogP) is 4.34. The summed E-state index contributed by atoms with van der Waals surface area (Å²) in [7, 11) is 0. The van der Waals surface area contributed by atoms with Crippen molar-refractivity contribution in [3.8, 4) is 0 Å². The molecule has 0 aromatic heterocycles. The first-order valence-corrected chi connectivity index (χ1v) is 9.78. The molecule has 1 heterocycles. The van der Waals surface area contributed by atoms with Gasteiger partial charge in [0.15, 0.2) is 0 Å². The second-order valence-corrected chi connectivity index (χ2v) is 7.45. The molecular formula is C19H23F3N4OS. The summed E-state index contributed by atoms with van der Waals surface area (Å²) in [5, 5.41) is 0.792. The molecule has 2 aliphatic rings. The summed E-state index contributed by atoms with van der Waals surface area (Å²) in [4.78, 5) is 24.1. The van der Waals surface area contributed by atoms with Crippen LogP contribution >= 0.6 is 11.8 Å². The van der Waals surface area contributed by atoms with Crippen molar-refractivity contribution in [1.29, 1.82) is 0 Å². The molecule has 0 saturated heterocycles. The van der Waals surface area contributed by atoms with Crippen molar-refractivity contribution in [1.82, 2.24) is 9.80 Å². The van der Waals surface area contributed by atoms with Gasteiger partial charge in [-0.25, -0.2) is 0 Å². The van der Waals surface area contributed by atoms with Gasteiger partial charge in [0.05, 0.1) is 35.2 Å². The van der Waals surface area contributed by atoms with E-state index in [1.807, 2.05) is 19.9 Å². The molecule has 2 atom stereocenters. The summed E-state index contributed by atoms with van der Waals surface area (Å²) in [6.45, 7) is 7.88. The fourth-order valence-electron chi connectivity index (χ4n) is 2.71. The van der Waals surface area contributed by atoms with E-state index in [-0.39, 0.29) is 19.0 Å². The van der Waals surface area contributed by atoms with Gasteiger partial charge >= 0.3 is 6.18 Å². The molecule has 2 unspecified atom stereocenters. The number of rotatable bonds is 7. The summed E-state index contributed by atoms with van der Waals surface area (Å²) in [5.41, 5.74) is -0.773. The molecule has 0 N–H and O–H groups in total. The number of aliphatic imine (C=N–C) groups is 2. The molecule has 28 heavy (non-hydrogen) atoms. The van der Waals surface area contributed by atoms with Crippen molar-refractivity contribution in [2.75, 3.05) is 12.4 Å². The number of alkyl halides is 3. The summed E-state index contributed by atoms with van der Waals surface area (Å²) in [6.07, 6.45) is 5.57. The van der Waals surface area contributed by atoms with E-state index in [0.717, 1.165) is 22.9 Å². The summed E-state index contributed by atoms with van der Waals surface area (Å²) in [5.74, 6) is -0.132. The first-order valence-electron chi connectivity index (χ1n) is 8.80. The minimum atomic E-state index is -4.46. The molecular weight excluding hydrogens is 389 g/mol. The van der Waals surface area contributed by atoms with Crippen molar-refractivity contribution >= 4 is 30.3 Å². The monoisotopic (exact) mass is 412 g/mol. The molecule has 152 valence electrons.